The summed E-state index contributed by atoms with van der Waals surface area (Å²) in [6.07, 6.45) is 4.40. The van der Waals surface area contributed by atoms with Gasteiger partial charge in [0.2, 0.25) is 0 Å². The molecule has 4 heteroatoms. The van der Waals surface area contributed by atoms with Gasteiger partial charge in [-0.25, -0.2) is 4.39 Å². The third-order valence-electron chi connectivity index (χ3n) is 3.53. The molecule has 1 saturated carbocycles. The molecule has 0 unspecified atom stereocenters. The van der Waals surface area contributed by atoms with Gasteiger partial charge in [-0.05, 0) is 38.0 Å². The Labute approximate surface area is 115 Å². The topological polar surface area (TPSA) is 20.3 Å². The van der Waals surface area contributed by atoms with Gasteiger partial charge in [-0.15, -0.1) is 0 Å². The Morgan fingerprint density at radius 2 is 2.11 bits per heavy atom. The first-order valence-corrected chi connectivity index (χ1v) is 7.18. The highest BCUT2D eigenvalue weighted by atomic mass is 79.9. The van der Waals surface area contributed by atoms with Gasteiger partial charge in [0.1, 0.15) is 5.82 Å². The lowest BCUT2D eigenvalue weighted by Gasteiger charge is -2.28. The van der Waals surface area contributed by atoms with Crippen molar-refractivity contribution in [1.82, 2.24) is 4.90 Å². The number of nitrogens with zero attached hydrogens (tertiary/aromatic N) is 1. The minimum atomic E-state index is -0.445. The molecule has 0 N–H and O–H groups in total. The van der Waals surface area contributed by atoms with Crippen LogP contribution in [0, 0.1) is 5.82 Å². The molecule has 98 valence electrons. The number of amides is 1. The normalized spacial score (nSPS) is 15.9. The molecule has 0 bridgehead atoms. The Balaban J connectivity index is 2.25. The molecule has 0 aromatic heterocycles. The van der Waals surface area contributed by atoms with Gasteiger partial charge in [0, 0.05) is 17.1 Å². The first-order valence-electron chi connectivity index (χ1n) is 6.39. The van der Waals surface area contributed by atoms with Crippen LogP contribution in [0.15, 0.2) is 22.7 Å². The number of rotatable bonds is 3. The van der Waals surface area contributed by atoms with Crippen LogP contribution < -0.4 is 0 Å². The molecule has 1 fully saturated rings. The SMILES string of the molecule is CCN(C(=O)c1cc(Br)ccc1F)C1CCCC1. The quantitative estimate of drug-likeness (QED) is 0.826. The van der Waals surface area contributed by atoms with E-state index in [9.17, 15) is 9.18 Å². The third-order valence-corrected chi connectivity index (χ3v) is 4.02. The van der Waals surface area contributed by atoms with Crippen molar-refractivity contribution in [3.8, 4) is 0 Å². The average molecular weight is 314 g/mol. The number of halogens is 2. The monoisotopic (exact) mass is 313 g/mol. The van der Waals surface area contributed by atoms with Crippen LogP contribution in [0.1, 0.15) is 43.0 Å². The van der Waals surface area contributed by atoms with Crippen molar-refractivity contribution in [3.05, 3.63) is 34.1 Å². The Kier molecular flexibility index (Phi) is 4.38. The van der Waals surface area contributed by atoms with Crippen LogP contribution in [-0.4, -0.2) is 23.4 Å². The Morgan fingerprint density at radius 3 is 2.72 bits per heavy atom. The summed E-state index contributed by atoms with van der Waals surface area (Å²) in [5.74, 6) is -0.636. The summed E-state index contributed by atoms with van der Waals surface area (Å²) in [5.41, 5.74) is 0.165. The molecule has 18 heavy (non-hydrogen) atoms. The van der Waals surface area contributed by atoms with Crippen molar-refractivity contribution in [2.75, 3.05) is 6.54 Å². The fourth-order valence-electron chi connectivity index (χ4n) is 2.60. The van der Waals surface area contributed by atoms with Crippen molar-refractivity contribution in [2.24, 2.45) is 0 Å². The molecule has 2 rings (SSSR count). The molecule has 0 radical (unpaired) electrons. The van der Waals surface area contributed by atoms with Crippen molar-refractivity contribution in [3.63, 3.8) is 0 Å². The van der Waals surface area contributed by atoms with E-state index in [0.717, 1.165) is 30.2 Å². The predicted octanol–water partition coefficient (Wildman–Crippen LogP) is 3.99. The average Bonchev–Trinajstić information content (AvgIpc) is 2.87. The standard InChI is InChI=1S/C14H17BrFNO/c1-2-17(11-5-3-4-6-11)14(18)12-9-10(15)7-8-13(12)16/h7-9,11H,2-6H2,1H3. The highest BCUT2D eigenvalue weighted by molar-refractivity contribution is 9.10. The van der Waals surface area contributed by atoms with Crippen LogP contribution in [0.5, 0.6) is 0 Å². The van der Waals surface area contributed by atoms with Gasteiger partial charge < -0.3 is 4.90 Å². The minimum Gasteiger partial charge on any atom is -0.336 e. The molecule has 0 heterocycles. The number of benzene rings is 1. The maximum atomic E-state index is 13.7. The van der Waals surface area contributed by atoms with Crippen LogP contribution in [0.3, 0.4) is 0 Å². The van der Waals surface area contributed by atoms with E-state index < -0.39 is 5.82 Å². The number of hydrogen-bond donors (Lipinski definition) is 0. The molecule has 1 aliphatic rings. The van der Waals surface area contributed by atoms with Crippen LogP contribution >= 0.6 is 15.9 Å². The van der Waals surface area contributed by atoms with E-state index in [1.807, 2.05) is 6.92 Å². The van der Waals surface area contributed by atoms with Crippen LogP contribution in [0.2, 0.25) is 0 Å². The number of hydrogen-bond acceptors (Lipinski definition) is 1. The molecule has 2 nitrogen and oxygen atoms in total. The molecule has 1 aromatic rings. The van der Waals surface area contributed by atoms with Gasteiger partial charge in [0.15, 0.2) is 0 Å². The second-order valence-electron chi connectivity index (χ2n) is 4.65. The zero-order valence-corrected chi connectivity index (χ0v) is 12.0. The van der Waals surface area contributed by atoms with Crippen molar-refractivity contribution >= 4 is 21.8 Å². The highest BCUT2D eigenvalue weighted by Gasteiger charge is 2.27. The number of carbonyl (C=O) groups is 1. The fourth-order valence-corrected chi connectivity index (χ4v) is 2.96. The largest absolute Gasteiger partial charge is 0.336 e. The molecule has 0 aliphatic heterocycles. The number of carbonyl (C=O) groups excluding carboxylic acids is 1. The van der Waals surface area contributed by atoms with E-state index in [1.165, 1.54) is 6.07 Å². The maximum absolute atomic E-state index is 13.7. The third kappa shape index (κ3) is 2.74. The predicted molar refractivity (Wildman–Crippen MR) is 73.1 cm³/mol. The zero-order chi connectivity index (χ0) is 13.1. The minimum absolute atomic E-state index is 0.165. The summed E-state index contributed by atoms with van der Waals surface area (Å²) in [7, 11) is 0. The Bertz CT molecular complexity index is 443. The van der Waals surface area contributed by atoms with Crippen molar-refractivity contribution in [1.29, 1.82) is 0 Å². The first-order chi connectivity index (χ1) is 8.63. The maximum Gasteiger partial charge on any atom is 0.257 e. The molecular formula is C14H17BrFNO. The van der Waals surface area contributed by atoms with E-state index in [0.29, 0.717) is 6.54 Å². The molecule has 1 amide bonds. The fraction of sp³-hybridized carbons (Fsp3) is 0.500. The van der Waals surface area contributed by atoms with Gasteiger partial charge >= 0.3 is 0 Å². The second-order valence-corrected chi connectivity index (χ2v) is 5.57. The van der Waals surface area contributed by atoms with E-state index in [2.05, 4.69) is 15.9 Å². The summed E-state index contributed by atoms with van der Waals surface area (Å²) in [4.78, 5) is 14.2. The molecule has 0 spiro atoms. The van der Waals surface area contributed by atoms with Gasteiger partial charge in [-0.1, -0.05) is 28.8 Å². The van der Waals surface area contributed by atoms with E-state index in [1.54, 1.807) is 17.0 Å². The summed E-state index contributed by atoms with van der Waals surface area (Å²) in [5, 5.41) is 0. The molecule has 0 atom stereocenters. The highest BCUT2D eigenvalue weighted by Crippen LogP contribution is 2.26. The lowest BCUT2D eigenvalue weighted by Crippen LogP contribution is -2.39. The van der Waals surface area contributed by atoms with Crippen LogP contribution in [0.25, 0.3) is 0 Å². The van der Waals surface area contributed by atoms with E-state index in [4.69, 9.17) is 0 Å². The lowest BCUT2D eigenvalue weighted by molar-refractivity contribution is 0.0688. The van der Waals surface area contributed by atoms with E-state index in [-0.39, 0.29) is 17.5 Å². The Morgan fingerprint density at radius 1 is 1.44 bits per heavy atom. The Hall–Kier alpha value is -0.900. The molecule has 1 aromatic carbocycles. The summed E-state index contributed by atoms with van der Waals surface area (Å²) in [6.45, 7) is 2.58. The van der Waals surface area contributed by atoms with Gasteiger partial charge in [0.25, 0.3) is 5.91 Å². The van der Waals surface area contributed by atoms with Gasteiger partial charge in [-0.3, -0.25) is 4.79 Å². The lowest BCUT2D eigenvalue weighted by atomic mass is 10.1. The smallest absolute Gasteiger partial charge is 0.257 e. The zero-order valence-electron chi connectivity index (χ0n) is 10.5. The van der Waals surface area contributed by atoms with E-state index >= 15 is 0 Å². The molecular weight excluding hydrogens is 297 g/mol. The first kappa shape index (κ1) is 13.5. The second kappa shape index (κ2) is 5.83. The van der Waals surface area contributed by atoms with Crippen molar-refractivity contribution in [2.45, 2.75) is 38.6 Å². The van der Waals surface area contributed by atoms with Gasteiger partial charge in [-0.2, -0.15) is 0 Å². The van der Waals surface area contributed by atoms with Crippen LogP contribution in [-0.2, 0) is 0 Å². The summed E-state index contributed by atoms with van der Waals surface area (Å²) >= 11 is 3.28. The molecule has 1 aliphatic carbocycles. The van der Waals surface area contributed by atoms with Gasteiger partial charge in [0.05, 0.1) is 5.56 Å². The molecule has 0 saturated heterocycles. The van der Waals surface area contributed by atoms with Crippen molar-refractivity contribution < 1.29 is 9.18 Å². The summed E-state index contributed by atoms with van der Waals surface area (Å²) < 4.78 is 14.5. The summed E-state index contributed by atoms with van der Waals surface area (Å²) in [6, 6.07) is 4.79. The van der Waals surface area contributed by atoms with Crippen LogP contribution in [0.4, 0.5) is 4.39 Å².